The maximum absolute atomic E-state index is 13.5. The predicted octanol–water partition coefficient (Wildman–Crippen LogP) is 4.27. The van der Waals surface area contributed by atoms with Gasteiger partial charge in [0.05, 0.1) is 6.10 Å². The highest BCUT2D eigenvalue weighted by atomic mass is 19.1. The van der Waals surface area contributed by atoms with Gasteiger partial charge in [-0.3, -0.25) is 0 Å². The van der Waals surface area contributed by atoms with E-state index < -0.39 is 6.10 Å². The Morgan fingerprint density at radius 2 is 1.90 bits per heavy atom. The van der Waals surface area contributed by atoms with Gasteiger partial charge in [-0.25, -0.2) is 4.39 Å². The van der Waals surface area contributed by atoms with Crippen molar-refractivity contribution in [3.63, 3.8) is 0 Å². The molecule has 1 N–H and O–H groups in total. The SMILES string of the molecule is Cc1ccc2c(c1)CCCN2c1ccc(F)cc1[C@@H](C)O. The van der Waals surface area contributed by atoms with E-state index in [2.05, 4.69) is 30.0 Å². The molecule has 1 aliphatic heterocycles. The third kappa shape index (κ3) is 2.66. The summed E-state index contributed by atoms with van der Waals surface area (Å²) in [6.07, 6.45) is 1.44. The quantitative estimate of drug-likeness (QED) is 0.890. The number of aliphatic hydroxyl groups is 1. The second-order valence-corrected chi connectivity index (χ2v) is 5.77. The van der Waals surface area contributed by atoms with E-state index in [1.807, 2.05) is 0 Å². The van der Waals surface area contributed by atoms with Gasteiger partial charge < -0.3 is 10.0 Å². The fourth-order valence-electron chi connectivity index (χ4n) is 3.08. The van der Waals surface area contributed by atoms with Gasteiger partial charge in [-0.1, -0.05) is 17.7 Å². The normalized spacial score (nSPS) is 15.7. The van der Waals surface area contributed by atoms with Crippen molar-refractivity contribution in [1.29, 1.82) is 0 Å². The Kier molecular flexibility index (Phi) is 3.68. The van der Waals surface area contributed by atoms with Crippen molar-refractivity contribution in [3.8, 4) is 0 Å². The average Bonchev–Trinajstić information content (AvgIpc) is 2.46. The molecule has 0 bridgehead atoms. The molecule has 2 aromatic rings. The van der Waals surface area contributed by atoms with Crippen LogP contribution in [0.15, 0.2) is 36.4 Å². The van der Waals surface area contributed by atoms with Gasteiger partial charge in [-0.2, -0.15) is 0 Å². The van der Waals surface area contributed by atoms with Crippen molar-refractivity contribution in [2.45, 2.75) is 32.8 Å². The summed E-state index contributed by atoms with van der Waals surface area (Å²) in [7, 11) is 0. The highest BCUT2D eigenvalue weighted by molar-refractivity contribution is 5.71. The molecule has 0 saturated heterocycles. The van der Waals surface area contributed by atoms with E-state index >= 15 is 0 Å². The topological polar surface area (TPSA) is 23.5 Å². The van der Waals surface area contributed by atoms with Crippen LogP contribution < -0.4 is 4.90 Å². The molecule has 0 spiro atoms. The number of hydrogen-bond donors (Lipinski definition) is 1. The van der Waals surface area contributed by atoms with Crippen LogP contribution in [-0.2, 0) is 6.42 Å². The van der Waals surface area contributed by atoms with Gasteiger partial charge in [0.1, 0.15) is 5.82 Å². The molecule has 0 aliphatic carbocycles. The third-order valence-corrected chi connectivity index (χ3v) is 4.08. The van der Waals surface area contributed by atoms with Gasteiger partial charge >= 0.3 is 0 Å². The van der Waals surface area contributed by atoms with Gasteiger partial charge in [-0.05, 0) is 56.5 Å². The minimum atomic E-state index is -0.688. The number of rotatable bonds is 2. The molecule has 1 heterocycles. The Hall–Kier alpha value is -1.87. The molecule has 0 fully saturated rings. The lowest BCUT2D eigenvalue weighted by Crippen LogP contribution is -2.26. The van der Waals surface area contributed by atoms with Crippen molar-refractivity contribution in [2.24, 2.45) is 0 Å². The zero-order valence-electron chi connectivity index (χ0n) is 12.4. The molecule has 2 nitrogen and oxygen atoms in total. The standard InChI is InChI=1S/C18H20FNO/c1-12-5-7-17-14(10-12)4-3-9-20(17)18-8-6-15(19)11-16(18)13(2)21/h5-8,10-11,13,21H,3-4,9H2,1-2H3/t13-/m1/s1. The monoisotopic (exact) mass is 285 g/mol. The zero-order chi connectivity index (χ0) is 15.0. The first kappa shape index (κ1) is 14.1. The lowest BCUT2D eigenvalue weighted by Gasteiger charge is -2.33. The van der Waals surface area contributed by atoms with Crippen LogP contribution in [0.2, 0.25) is 0 Å². The van der Waals surface area contributed by atoms with Crippen LogP contribution in [0.5, 0.6) is 0 Å². The van der Waals surface area contributed by atoms with Gasteiger partial charge in [0.2, 0.25) is 0 Å². The van der Waals surface area contributed by atoms with Crippen molar-refractivity contribution >= 4 is 11.4 Å². The van der Waals surface area contributed by atoms with Crippen LogP contribution in [0.25, 0.3) is 0 Å². The van der Waals surface area contributed by atoms with Crippen molar-refractivity contribution in [1.82, 2.24) is 0 Å². The fourth-order valence-corrected chi connectivity index (χ4v) is 3.08. The highest BCUT2D eigenvalue weighted by Gasteiger charge is 2.22. The highest BCUT2D eigenvalue weighted by Crippen LogP contribution is 2.37. The predicted molar refractivity (Wildman–Crippen MR) is 83.5 cm³/mol. The van der Waals surface area contributed by atoms with Crippen LogP contribution in [0.3, 0.4) is 0 Å². The molecule has 0 radical (unpaired) electrons. The van der Waals surface area contributed by atoms with Crippen LogP contribution in [0, 0.1) is 12.7 Å². The molecule has 1 atom stereocenters. The number of aliphatic hydroxyl groups excluding tert-OH is 1. The summed E-state index contributed by atoms with van der Waals surface area (Å²) in [5, 5.41) is 9.96. The van der Waals surface area contributed by atoms with Gasteiger partial charge in [0.25, 0.3) is 0 Å². The summed E-state index contributed by atoms with van der Waals surface area (Å²) in [4.78, 5) is 2.19. The molecule has 0 aromatic heterocycles. The van der Waals surface area contributed by atoms with Crippen LogP contribution in [0.1, 0.15) is 36.1 Å². The first-order chi connectivity index (χ1) is 10.1. The maximum Gasteiger partial charge on any atom is 0.123 e. The van der Waals surface area contributed by atoms with Crippen molar-refractivity contribution in [2.75, 3.05) is 11.4 Å². The second-order valence-electron chi connectivity index (χ2n) is 5.77. The maximum atomic E-state index is 13.5. The number of hydrogen-bond acceptors (Lipinski definition) is 2. The van der Waals surface area contributed by atoms with E-state index in [1.54, 1.807) is 13.0 Å². The molecule has 3 heteroatoms. The van der Waals surface area contributed by atoms with Gasteiger partial charge in [-0.15, -0.1) is 0 Å². The average molecular weight is 285 g/mol. The Balaban J connectivity index is 2.11. The Morgan fingerprint density at radius 1 is 1.14 bits per heavy atom. The summed E-state index contributed by atoms with van der Waals surface area (Å²) in [6, 6.07) is 11.1. The van der Waals surface area contributed by atoms with E-state index in [1.165, 1.54) is 28.9 Å². The molecule has 2 aromatic carbocycles. The first-order valence-corrected chi connectivity index (χ1v) is 7.41. The number of aryl methyl sites for hydroxylation is 2. The zero-order valence-corrected chi connectivity index (χ0v) is 12.4. The summed E-state index contributed by atoms with van der Waals surface area (Å²) in [6.45, 7) is 4.66. The smallest absolute Gasteiger partial charge is 0.123 e. The van der Waals surface area contributed by atoms with Crippen molar-refractivity contribution < 1.29 is 9.50 Å². The van der Waals surface area contributed by atoms with Crippen LogP contribution in [-0.4, -0.2) is 11.7 Å². The van der Waals surface area contributed by atoms with E-state index in [9.17, 15) is 9.50 Å². The Labute approximate surface area is 124 Å². The number of benzene rings is 2. The molecule has 0 saturated carbocycles. The van der Waals surface area contributed by atoms with Gasteiger partial charge in [0, 0.05) is 23.5 Å². The van der Waals surface area contributed by atoms with E-state index in [-0.39, 0.29) is 5.82 Å². The Morgan fingerprint density at radius 3 is 2.67 bits per heavy atom. The van der Waals surface area contributed by atoms with E-state index in [0.717, 1.165) is 25.1 Å². The number of fused-ring (bicyclic) bond motifs is 1. The number of halogens is 1. The molecule has 21 heavy (non-hydrogen) atoms. The second kappa shape index (κ2) is 5.49. The van der Waals surface area contributed by atoms with Crippen LogP contribution >= 0.6 is 0 Å². The molecule has 3 rings (SSSR count). The lowest BCUT2D eigenvalue weighted by atomic mass is 9.97. The largest absolute Gasteiger partial charge is 0.389 e. The molecular weight excluding hydrogens is 265 g/mol. The third-order valence-electron chi connectivity index (χ3n) is 4.08. The van der Waals surface area contributed by atoms with Crippen molar-refractivity contribution in [3.05, 3.63) is 58.9 Å². The Bertz CT molecular complexity index is 666. The summed E-state index contributed by atoms with van der Waals surface area (Å²) < 4.78 is 13.5. The number of anilines is 2. The molecule has 1 aliphatic rings. The first-order valence-electron chi connectivity index (χ1n) is 7.41. The fraction of sp³-hybridized carbons (Fsp3) is 0.333. The summed E-state index contributed by atoms with van der Waals surface area (Å²) >= 11 is 0. The molecule has 0 amide bonds. The minimum absolute atomic E-state index is 0.309. The van der Waals surface area contributed by atoms with E-state index in [4.69, 9.17) is 0 Å². The summed E-state index contributed by atoms with van der Waals surface area (Å²) in [5.41, 5.74) is 5.28. The number of nitrogens with zero attached hydrogens (tertiary/aromatic N) is 1. The molecule has 110 valence electrons. The molecule has 0 unspecified atom stereocenters. The van der Waals surface area contributed by atoms with E-state index in [0.29, 0.717) is 5.56 Å². The minimum Gasteiger partial charge on any atom is -0.389 e. The van der Waals surface area contributed by atoms with Gasteiger partial charge in [0.15, 0.2) is 0 Å². The van der Waals surface area contributed by atoms with Crippen LogP contribution in [0.4, 0.5) is 15.8 Å². The lowest BCUT2D eigenvalue weighted by molar-refractivity contribution is 0.199. The summed E-state index contributed by atoms with van der Waals surface area (Å²) in [5.74, 6) is -0.309. The molecular formula is C18H20FNO.